The minimum absolute atomic E-state index is 0.729. The number of H-pyrrole nitrogens is 1. The number of thiophene rings is 1. The van der Waals surface area contributed by atoms with Crippen molar-refractivity contribution in [2.75, 3.05) is 18.1 Å². The van der Waals surface area contributed by atoms with Gasteiger partial charge in [0.15, 0.2) is 5.65 Å². The van der Waals surface area contributed by atoms with E-state index in [2.05, 4.69) is 20.3 Å². The molecule has 0 atom stereocenters. The van der Waals surface area contributed by atoms with Gasteiger partial charge in [-0.15, -0.1) is 11.3 Å². The molecule has 5 nitrogen and oxygen atoms in total. The molecule has 21 heavy (non-hydrogen) atoms. The smallest absolute Gasteiger partial charge is 0.180 e. The van der Waals surface area contributed by atoms with E-state index in [1.165, 1.54) is 23.3 Å². The van der Waals surface area contributed by atoms with Crippen LogP contribution >= 0.6 is 11.3 Å². The molecule has 0 radical (unpaired) electrons. The molecule has 4 rings (SSSR count). The predicted octanol–water partition coefficient (Wildman–Crippen LogP) is 3.19. The Hall–Kier alpha value is -2.08. The lowest BCUT2D eigenvalue weighted by Crippen LogP contribution is -2.00. The number of aryl methyl sites for hydroxylation is 1. The second-order valence-corrected chi connectivity index (χ2v) is 6.49. The molecule has 0 aliphatic heterocycles. The van der Waals surface area contributed by atoms with Crippen LogP contribution in [0, 0.1) is 0 Å². The maximum absolute atomic E-state index is 6.26. The average Bonchev–Trinajstić information content (AvgIpc) is 3.05. The first-order valence-electron chi connectivity index (χ1n) is 7.21. The summed E-state index contributed by atoms with van der Waals surface area (Å²) in [6.45, 7) is 0. The van der Waals surface area contributed by atoms with Gasteiger partial charge in [-0.05, 0) is 43.4 Å². The molecule has 1 aliphatic carbocycles. The molecule has 0 spiro atoms. The van der Waals surface area contributed by atoms with Crippen LogP contribution in [0.3, 0.4) is 0 Å². The topological polar surface area (TPSA) is 79.6 Å². The molecule has 108 valence electrons. The van der Waals surface area contributed by atoms with Gasteiger partial charge in [0.1, 0.15) is 11.6 Å². The van der Waals surface area contributed by atoms with Gasteiger partial charge in [0.05, 0.1) is 16.1 Å². The van der Waals surface area contributed by atoms with Gasteiger partial charge in [-0.25, -0.2) is 9.97 Å². The van der Waals surface area contributed by atoms with Crippen molar-refractivity contribution in [1.82, 2.24) is 15.0 Å². The fourth-order valence-electron chi connectivity index (χ4n) is 3.00. The van der Waals surface area contributed by atoms with Crippen LogP contribution in [0.1, 0.15) is 23.3 Å². The van der Waals surface area contributed by atoms with Gasteiger partial charge in [0, 0.05) is 11.9 Å². The van der Waals surface area contributed by atoms with E-state index in [0.717, 1.165) is 46.2 Å². The first-order chi connectivity index (χ1) is 10.3. The van der Waals surface area contributed by atoms with Crippen LogP contribution in [-0.4, -0.2) is 22.0 Å². The lowest BCUT2D eigenvalue weighted by molar-refractivity contribution is 0.698. The molecule has 3 aromatic rings. The molecule has 3 heterocycles. The van der Waals surface area contributed by atoms with Gasteiger partial charge in [0.2, 0.25) is 0 Å². The number of nitrogens with one attached hydrogen (secondary N) is 2. The van der Waals surface area contributed by atoms with E-state index in [0.29, 0.717) is 0 Å². The summed E-state index contributed by atoms with van der Waals surface area (Å²) in [6, 6.07) is 3.94. The molecular weight excluding hydrogens is 282 g/mol. The zero-order valence-electron chi connectivity index (χ0n) is 11.9. The molecule has 6 heteroatoms. The summed E-state index contributed by atoms with van der Waals surface area (Å²) in [6.07, 6.45) is 4.75. The fourth-order valence-corrected chi connectivity index (χ4v) is 4.16. The third kappa shape index (κ3) is 1.98. The highest BCUT2D eigenvalue weighted by molar-refractivity contribution is 7.16. The van der Waals surface area contributed by atoms with E-state index in [9.17, 15) is 0 Å². The largest absolute Gasteiger partial charge is 0.390 e. The third-order valence-corrected chi connectivity index (χ3v) is 5.16. The molecule has 4 N–H and O–H groups in total. The molecular formula is C15H17N5S. The lowest BCUT2D eigenvalue weighted by Gasteiger charge is -2.11. The Labute approximate surface area is 126 Å². The number of aromatic amines is 1. The average molecular weight is 299 g/mol. The SMILES string of the molecule is CNc1ccc2[nH]c(-c3c(N)sc4c3CCCC4)nc2n1. The van der Waals surface area contributed by atoms with E-state index >= 15 is 0 Å². The van der Waals surface area contributed by atoms with Gasteiger partial charge in [-0.1, -0.05) is 0 Å². The Bertz CT molecular complexity index is 817. The standard InChI is InChI=1S/C15H17N5S/c1-17-11-7-6-9-14(19-11)20-15(18-9)12-8-4-2-3-5-10(8)21-13(12)16/h6-7H,2-5,16H2,1H3,(H2,17,18,19,20). The summed E-state index contributed by atoms with van der Waals surface area (Å²) in [4.78, 5) is 13.9. The van der Waals surface area contributed by atoms with E-state index in [1.54, 1.807) is 11.3 Å². The molecule has 0 aromatic carbocycles. The van der Waals surface area contributed by atoms with E-state index in [-0.39, 0.29) is 0 Å². The summed E-state index contributed by atoms with van der Waals surface area (Å²) in [7, 11) is 1.86. The van der Waals surface area contributed by atoms with Gasteiger partial charge < -0.3 is 16.0 Å². The van der Waals surface area contributed by atoms with Crippen molar-refractivity contribution in [2.24, 2.45) is 0 Å². The van der Waals surface area contributed by atoms with Gasteiger partial charge in [0.25, 0.3) is 0 Å². The number of nitrogen functional groups attached to an aromatic ring is 1. The number of nitrogens with zero attached hydrogens (tertiary/aromatic N) is 2. The van der Waals surface area contributed by atoms with Crippen LogP contribution in [0.5, 0.6) is 0 Å². The normalized spacial score (nSPS) is 14.3. The number of fused-ring (bicyclic) bond motifs is 2. The number of aromatic nitrogens is 3. The molecule has 3 aromatic heterocycles. The maximum Gasteiger partial charge on any atom is 0.180 e. The van der Waals surface area contributed by atoms with Crippen LogP contribution in [0.15, 0.2) is 12.1 Å². The van der Waals surface area contributed by atoms with Crippen molar-refractivity contribution in [1.29, 1.82) is 0 Å². The van der Waals surface area contributed by atoms with Crippen molar-refractivity contribution >= 4 is 33.3 Å². The summed E-state index contributed by atoms with van der Waals surface area (Å²) in [5.74, 6) is 1.67. The molecule has 0 bridgehead atoms. The van der Waals surface area contributed by atoms with Crippen molar-refractivity contribution in [3.63, 3.8) is 0 Å². The highest BCUT2D eigenvalue weighted by Gasteiger charge is 2.22. The minimum atomic E-state index is 0.729. The summed E-state index contributed by atoms with van der Waals surface area (Å²) >= 11 is 1.71. The number of nitrogens with two attached hydrogens (primary N) is 1. The van der Waals surface area contributed by atoms with Crippen LogP contribution in [0.4, 0.5) is 10.8 Å². The van der Waals surface area contributed by atoms with Crippen LogP contribution in [-0.2, 0) is 12.8 Å². The quantitative estimate of drug-likeness (QED) is 0.679. The van der Waals surface area contributed by atoms with Crippen molar-refractivity contribution < 1.29 is 0 Å². The first-order valence-corrected chi connectivity index (χ1v) is 8.03. The maximum atomic E-state index is 6.26. The Morgan fingerprint density at radius 3 is 2.95 bits per heavy atom. The first kappa shape index (κ1) is 12.6. The molecule has 0 fully saturated rings. The number of pyridine rings is 1. The highest BCUT2D eigenvalue weighted by Crippen LogP contribution is 2.41. The van der Waals surface area contributed by atoms with Gasteiger partial charge in [-0.3, -0.25) is 0 Å². The van der Waals surface area contributed by atoms with Gasteiger partial charge >= 0.3 is 0 Å². The fraction of sp³-hybridized carbons (Fsp3) is 0.333. The molecule has 0 amide bonds. The second kappa shape index (κ2) is 4.73. The van der Waals surface area contributed by atoms with E-state index in [1.807, 2.05) is 19.2 Å². The monoisotopic (exact) mass is 299 g/mol. The van der Waals surface area contributed by atoms with Crippen molar-refractivity contribution in [3.8, 4) is 11.4 Å². The number of rotatable bonds is 2. The summed E-state index contributed by atoms with van der Waals surface area (Å²) in [5, 5.41) is 3.91. The summed E-state index contributed by atoms with van der Waals surface area (Å²) in [5.41, 5.74) is 10.4. The van der Waals surface area contributed by atoms with E-state index < -0.39 is 0 Å². The zero-order valence-corrected chi connectivity index (χ0v) is 12.7. The number of hydrogen-bond acceptors (Lipinski definition) is 5. The van der Waals surface area contributed by atoms with E-state index in [4.69, 9.17) is 5.73 Å². The van der Waals surface area contributed by atoms with Crippen LogP contribution in [0.2, 0.25) is 0 Å². The minimum Gasteiger partial charge on any atom is -0.390 e. The zero-order chi connectivity index (χ0) is 14.4. The van der Waals surface area contributed by atoms with Crippen molar-refractivity contribution in [3.05, 3.63) is 22.6 Å². The van der Waals surface area contributed by atoms with Crippen molar-refractivity contribution in [2.45, 2.75) is 25.7 Å². The molecule has 1 aliphatic rings. The third-order valence-electron chi connectivity index (χ3n) is 4.04. The lowest BCUT2D eigenvalue weighted by atomic mass is 9.95. The number of hydrogen-bond donors (Lipinski definition) is 3. The van der Waals surface area contributed by atoms with Crippen LogP contribution < -0.4 is 11.1 Å². The molecule has 0 saturated heterocycles. The van der Waals surface area contributed by atoms with Crippen LogP contribution in [0.25, 0.3) is 22.6 Å². The Kier molecular flexibility index (Phi) is 2.85. The number of imidazole rings is 1. The highest BCUT2D eigenvalue weighted by atomic mass is 32.1. The Balaban J connectivity index is 1.88. The Morgan fingerprint density at radius 1 is 1.24 bits per heavy atom. The molecule has 0 unspecified atom stereocenters. The van der Waals surface area contributed by atoms with Gasteiger partial charge in [-0.2, -0.15) is 0 Å². The Morgan fingerprint density at radius 2 is 2.10 bits per heavy atom. The summed E-state index contributed by atoms with van der Waals surface area (Å²) < 4.78 is 0. The number of anilines is 2. The predicted molar refractivity (Wildman–Crippen MR) is 87.8 cm³/mol. The molecule has 0 saturated carbocycles. The second-order valence-electron chi connectivity index (χ2n) is 5.35.